The lowest BCUT2D eigenvalue weighted by Crippen LogP contribution is -2.38. The van der Waals surface area contributed by atoms with Crippen molar-refractivity contribution >= 4 is 23.2 Å². The van der Waals surface area contributed by atoms with Crippen LogP contribution in [0.25, 0.3) is 0 Å². The molecular formula is C15H15ClN2O3. The van der Waals surface area contributed by atoms with Crippen molar-refractivity contribution in [2.45, 2.75) is 19.8 Å². The topological polar surface area (TPSA) is 55.6 Å². The van der Waals surface area contributed by atoms with Gasteiger partial charge in [-0.2, -0.15) is 0 Å². The summed E-state index contributed by atoms with van der Waals surface area (Å²) in [5, 5.41) is 4.06. The average Bonchev–Trinajstić information content (AvgIpc) is 2.83. The van der Waals surface area contributed by atoms with Crippen LogP contribution in [0.15, 0.2) is 28.8 Å². The van der Waals surface area contributed by atoms with Crippen molar-refractivity contribution in [2.75, 3.05) is 18.1 Å². The number of aryl methyl sites for hydroxylation is 1. The Balaban J connectivity index is 1.72. The van der Waals surface area contributed by atoms with E-state index in [-0.39, 0.29) is 11.1 Å². The monoisotopic (exact) mass is 306 g/mol. The fourth-order valence-electron chi connectivity index (χ4n) is 2.44. The van der Waals surface area contributed by atoms with Crippen molar-refractivity contribution in [1.29, 1.82) is 0 Å². The molecule has 1 aromatic carbocycles. The van der Waals surface area contributed by atoms with Crippen LogP contribution in [0.2, 0.25) is 5.22 Å². The van der Waals surface area contributed by atoms with E-state index in [9.17, 15) is 4.79 Å². The Labute approximate surface area is 127 Å². The molecule has 110 valence electrons. The number of benzene rings is 1. The van der Waals surface area contributed by atoms with Crippen LogP contribution >= 0.6 is 11.6 Å². The van der Waals surface area contributed by atoms with Gasteiger partial charge in [-0.05, 0) is 37.1 Å². The van der Waals surface area contributed by atoms with Crippen molar-refractivity contribution in [2.24, 2.45) is 0 Å². The number of hydrogen-bond acceptors (Lipinski definition) is 4. The fraction of sp³-hybridized carbons (Fsp3) is 0.333. The molecule has 2 heterocycles. The first-order valence-corrected chi connectivity index (χ1v) is 7.17. The predicted octanol–water partition coefficient (Wildman–Crippen LogP) is 2.99. The number of fused-ring (bicyclic) bond motifs is 1. The molecule has 1 amide bonds. The first kappa shape index (κ1) is 13.9. The molecule has 1 aliphatic heterocycles. The van der Waals surface area contributed by atoms with Gasteiger partial charge in [0, 0.05) is 12.0 Å². The van der Waals surface area contributed by atoms with Crippen LogP contribution in [0.5, 0.6) is 5.75 Å². The van der Waals surface area contributed by atoms with Crippen molar-refractivity contribution in [3.05, 3.63) is 40.7 Å². The van der Waals surface area contributed by atoms with E-state index in [2.05, 4.69) is 5.16 Å². The van der Waals surface area contributed by atoms with Crippen LogP contribution in [0.1, 0.15) is 17.7 Å². The standard InChI is InChI=1S/C15H15ClN2O3/c1-10-11(15(16)21-17-10)6-7-14(19)18-8-9-20-13-5-3-2-4-12(13)18/h2-5H,6-9H2,1H3. The summed E-state index contributed by atoms with van der Waals surface area (Å²) in [6.07, 6.45) is 0.878. The van der Waals surface area contributed by atoms with Gasteiger partial charge in [-0.1, -0.05) is 17.3 Å². The summed E-state index contributed by atoms with van der Waals surface area (Å²) in [5.41, 5.74) is 2.35. The summed E-state index contributed by atoms with van der Waals surface area (Å²) in [5.74, 6) is 0.790. The van der Waals surface area contributed by atoms with Crippen molar-refractivity contribution in [3.63, 3.8) is 0 Å². The molecule has 0 bridgehead atoms. The molecule has 0 radical (unpaired) electrons. The summed E-state index contributed by atoms with van der Waals surface area (Å²) in [4.78, 5) is 14.2. The normalized spacial score (nSPS) is 13.7. The van der Waals surface area contributed by atoms with E-state index in [1.807, 2.05) is 31.2 Å². The quantitative estimate of drug-likeness (QED) is 0.874. The zero-order valence-electron chi connectivity index (χ0n) is 11.6. The number of ether oxygens (including phenoxy) is 1. The summed E-state index contributed by atoms with van der Waals surface area (Å²) in [6, 6.07) is 7.56. The Kier molecular flexibility index (Phi) is 3.84. The highest BCUT2D eigenvalue weighted by Crippen LogP contribution is 2.31. The molecule has 0 N–H and O–H groups in total. The highest BCUT2D eigenvalue weighted by molar-refractivity contribution is 6.29. The van der Waals surface area contributed by atoms with Crippen LogP contribution in [-0.4, -0.2) is 24.2 Å². The molecule has 0 saturated carbocycles. The van der Waals surface area contributed by atoms with E-state index in [0.29, 0.717) is 26.0 Å². The summed E-state index contributed by atoms with van der Waals surface area (Å²) >= 11 is 5.92. The largest absolute Gasteiger partial charge is 0.490 e. The second-order valence-corrected chi connectivity index (χ2v) is 5.23. The Bertz CT molecular complexity index is 649. The van der Waals surface area contributed by atoms with Crippen molar-refractivity contribution < 1.29 is 14.1 Å². The lowest BCUT2D eigenvalue weighted by atomic mass is 10.1. The zero-order valence-corrected chi connectivity index (χ0v) is 12.4. The van der Waals surface area contributed by atoms with Gasteiger partial charge in [0.15, 0.2) is 0 Å². The Morgan fingerprint density at radius 2 is 2.24 bits per heavy atom. The third kappa shape index (κ3) is 2.74. The molecule has 1 aromatic heterocycles. The molecular weight excluding hydrogens is 292 g/mol. The third-order valence-electron chi connectivity index (χ3n) is 3.56. The number of nitrogens with zero attached hydrogens (tertiary/aromatic N) is 2. The Morgan fingerprint density at radius 1 is 1.43 bits per heavy atom. The maximum Gasteiger partial charge on any atom is 0.229 e. The molecule has 0 atom stereocenters. The second-order valence-electron chi connectivity index (χ2n) is 4.88. The Morgan fingerprint density at radius 3 is 3.00 bits per heavy atom. The molecule has 0 spiro atoms. The molecule has 6 heteroatoms. The van der Waals surface area contributed by atoms with Gasteiger partial charge >= 0.3 is 0 Å². The minimum atomic E-state index is 0.0439. The van der Waals surface area contributed by atoms with Gasteiger partial charge in [0.2, 0.25) is 11.1 Å². The highest BCUT2D eigenvalue weighted by Gasteiger charge is 2.23. The van der Waals surface area contributed by atoms with Gasteiger partial charge in [0.1, 0.15) is 12.4 Å². The number of anilines is 1. The Hall–Kier alpha value is -2.01. The maximum absolute atomic E-state index is 12.5. The van der Waals surface area contributed by atoms with E-state index >= 15 is 0 Å². The molecule has 0 unspecified atom stereocenters. The van der Waals surface area contributed by atoms with Crippen LogP contribution in [0.3, 0.4) is 0 Å². The number of carbonyl (C=O) groups excluding carboxylic acids is 1. The summed E-state index contributed by atoms with van der Waals surface area (Å²) in [7, 11) is 0. The van der Waals surface area contributed by atoms with Gasteiger partial charge in [-0.25, -0.2) is 0 Å². The van der Waals surface area contributed by atoms with Gasteiger partial charge in [0.05, 0.1) is 17.9 Å². The lowest BCUT2D eigenvalue weighted by Gasteiger charge is -2.29. The van der Waals surface area contributed by atoms with Crippen LogP contribution < -0.4 is 9.64 Å². The predicted molar refractivity (Wildman–Crippen MR) is 78.9 cm³/mol. The van der Waals surface area contributed by atoms with Gasteiger partial charge in [-0.3, -0.25) is 4.79 Å². The number of halogens is 1. The highest BCUT2D eigenvalue weighted by atomic mass is 35.5. The minimum absolute atomic E-state index is 0.0439. The van der Waals surface area contributed by atoms with E-state index in [4.69, 9.17) is 20.9 Å². The number of aromatic nitrogens is 1. The second kappa shape index (κ2) is 5.77. The first-order valence-electron chi connectivity index (χ1n) is 6.79. The minimum Gasteiger partial charge on any atom is -0.490 e. The van der Waals surface area contributed by atoms with Gasteiger partial charge < -0.3 is 14.2 Å². The molecule has 0 saturated heterocycles. The molecule has 1 aliphatic rings. The van der Waals surface area contributed by atoms with Gasteiger partial charge in [-0.15, -0.1) is 0 Å². The molecule has 5 nitrogen and oxygen atoms in total. The van der Waals surface area contributed by atoms with Crippen molar-refractivity contribution in [3.8, 4) is 5.75 Å². The molecule has 0 aliphatic carbocycles. The fourth-order valence-corrected chi connectivity index (χ4v) is 2.70. The van der Waals surface area contributed by atoms with E-state index in [1.54, 1.807) is 4.90 Å². The smallest absolute Gasteiger partial charge is 0.229 e. The first-order chi connectivity index (χ1) is 10.2. The van der Waals surface area contributed by atoms with Crippen LogP contribution in [0.4, 0.5) is 5.69 Å². The van der Waals surface area contributed by atoms with Gasteiger partial charge in [0.25, 0.3) is 0 Å². The van der Waals surface area contributed by atoms with E-state index < -0.39 is 0 Å². The van der Waals surface area contributed by atoms with Crippen LogP contribution in [-0.2, 0) is 11.2 Å². The molecule has 0 fully saturated rings. The molecule has 21 heavy (non-hydrogen) atoms. The summed E-state index contributed by atoms with van der Waals surface area (Å²) < 4.78 is 10.5. The SMILES string of the molecule is Cc1noc(Cl)c1CCC(=O)N1CCOc2ccccc21. The van der Waals surface area contributed by atoms with E-state index in [0.717, 1.165) is 22.7 Å². The number of amides is 1. The molecule has 2 aromatic rings. The number of rotatable bonds is 3. The number of hydrogen-bond donors (Lipinski definition) is 0. The zero-order chi connectivity index (χ0) is 14.8. The maximum atomic E-state index is 12.5. The third-order valence-corrected chi connectivity index (χ3v) is 3.85. The van der Waals surface area contributed by atoms with Crippen LogP contribution in [0, 0.1) is 6.92 Å². The summed E-state index contributed by atoms with van der Waals surface area (Å²) in [6.45, 7) is 2.89. The van der Waals surface area contributed by atoms with E-state index in [1.165, 1.54) is 0 Å². The van der Waals surface area contributed by atoms with Crippen molar-refractivity contribution in [1.82, 2.24) is 5.16 Å². The average molecular weight is 307 g/mol. The number of carbonyl (C=O) groups is 1. The lowest BCUT2D eigenvalue weighted by molar-refractivity contribution is -0.118. The number of para-hydroxylation sites is 2. The molecule has 3 rings (SSSR count).